The van der Waals surface area contributed by atoms with Gasteiger partial charge in [-0.25, -0.2) is 0 Å². The van der Waals surface area contributed by atoms with Crippen molar-refractivity contribution < 1.29 is 17.4 Å². The zero-order chi connectivity index (χ0) is 21.8. The number of halogens is 3. The van der Waals surface area contributed by atoms with Crippen LogP contribution in [0.4, 0.5) is 13.2 Å². The summed E-state index contributed by atoms with van der Waals surface area (Å²) in [5.74, 6) is 6.26. The van der Waals surface area contributed by atoms with Crippen molar-refractivity contribution >= 4 is 15.4 Å². The Kier molecular flexibility index (Phi) is 5.07. The number of benzene rings is 1. The number of rotatable bonds is 5. The Morgan fingerprint density at radius 2 is 1.70 bits per heavy atom. The van der Waals surface area contributed by atoms with E-state index in [0.717, 1.165) is 50.4 Å². The predicted molar refractivity (Wildman–Crippen MR) is 114 cm³/mol. The highest BCUT2D eigenvalue weighted by Gasteiger charge is 2.52. The molecule has 1 atom stereocenters. The van der Waals surface area contributed by atoms with Gasteiger partial charge in [0.2, 0.25) is 0 Å². The summed E-state index contributed by atoms with van der Waals surface area (Å²) in [6, 6.07) is 5.52. The number of aromatic nitrogens is 3. The van der Waals surface area contributed by atoms with Crippen LogP contribution in [0.1, 0.15) is 56.8 Å². The van der Waals surface area contributed by atoms with Crippen LogP contribution in [0.15, 0.2) is 24.3 Å². The van der Waals surface area contributed by atoms with Gasteiger partial charge in [0.05, 0.1) is 5.56 Å². The van der Waals surface area contributed by atoms with Gasteiger partial charge in [0, 0.05) is 29.5 Å². The molecule has 3 fully saturated rings. The zero-order valence-corrected chi connectivity index (χ0v) is 18.3. The first-order chi connectivity index (χ1) is 14.0. The van der Waals surface area contributed by atoms with Crippen LogP contribution in [0.5, 0.6) is 0 Å². The molecule has 1 aromatic carbocycles. The summed E-state index contributed by atoms with van der Waals surface area (Å²) < 4.78 is 54.9. The quantitative estimate of drug-likeness (QED) is 0.627. The highest BCUT2D eigenvalue weighted by molar-refractivity contribution is 8.00. The molecule has 2 bridgehead atoms. The number of fused-ring (bicyclic) bond motifs is 3. The van der Waals surface area contributed by atoms with Gasteiger partial charge in [-0.1, -0.05) is 25.1 Å². The van der Waals surface area contributed by atoms with Gasteiger partial charge in [-0.05, 0) is 65.4 Å². The Balaban J connectivity index is 1.64. The standard InChI is InChI=1S/C22H28F3N3OS/c1-4-30(3,29)15-20-9-12-21(13-10-20,14-11-20)19-27-26-18(28(19)2)16-7-5-6-8-17(16)22(23,24)25/h5-8H,3-4,9-15H2,1-2H3. The first-order valence-corrected chi connectivity index (χ1v) is 12.5. The van der Waals surface area contributed by atoms with Crippen molar-refractivity contribution in [2.45, 2.75) is 57.0 Å². The summed E-state index contributed by atoms with van der Waals surface area (Å²) in [7, 11) is -0.281. The minimum absolute atomic E-state index is 0.0587. The molecule has 0 amide bonds. The second-order valence-electron chi connectivity index (χ2n) is 9.13. The van der Waals surface area contributed by atoms with Crippen LogP contribution in [-0.2, 0) is 28.2 Å². The Labute approximate surface area is 175 Å². The number of nitrogens with zero attached hydrogens (tertiary/aromatic N) is 3. The molecule has 3 saturated carbocycles. The first kappa shape index (κ1) is 21.4. The second kappa shape index (κ2) is 7.11. The van der Waals surface area contributed by atoms with Gasteiger partial charge in [-0.3, -0.25) is 4.21 Å². The van der Waals surface area contributed by atoms with Gasteiger partial charge in [-0.2, -0.15) is 13.2 Å². The smallest absolute Gasteiger partial charge is 0.314 e. The van der Waals surface area contributed by atoms with E-state index < -0.39 is 21.3 Å². The largest absolute Gasteiger partial charge is 0.417 e. The molecule has 0 spiro atoms. The lowest BCUT2D eigenvalue weighted by Crippen LogP contribution is -2.48. The van der Waals surface area contributed by atoms with E-state index in [4.69, 9.17) is 0 Å². The average Bonchev–Trinajstić information content (AvgIpc) is 3.10. The summed E-state index contributed by atoms with van der Waals surface area (Å²) >= 11 is 0. The van der Waals surface area contributed by atoms with Crippen molar-refractivity contribution in [2.75, 3.05) is 11.5 Å². The second-order valence-corrected chi connectivity index (χ2v) is 11.9. The predicted octanol–water partition coefficient (Wildman–Crippen LogP) is 4.83. The lowest BCUT2D eigenvalue weighted by atomic mass is 9.54. The monoisotopic (exact) mass is 439 g/mol. The van der Waals surface area contributed by atoms with Crippen LogP contribution in [0, 0.1) is 5.41 Å². The molecule has 0 saturated heterocycles. The summed E-state index contributed by atoms with van der Waals surface area (Å²) in [6.45, 7) is 1.93. The maximum atomic E-state index is 13.5. The van der Waals surface area contributed by atoms with E-state index in [1.165, 1.54) is 12.1 Å². The highest BCUT2D eigenvalue weighted by Crippen LogP contribution is 2.58. The van der Waals surface area contributed by atoms with Gasteiger partial charge in [0.15, 0.2) is 5.82 Å². The van der Waals surface area contributed by atoms with Gasteiger partial charge < -0.3 is 4.57 Å². The van der Waals surface area contributed by atoms with E-state index in [0.29, 0.717) is 11.5 Å². The molecule has 30 heavy (non-hydrogen) atoms. The molecular formula is C22H28F3N3OS. The van der Waals surface area contributed by atoms with E-state index >= 15 is 0 Å². The third kappa shape index (κ3) is 3.57. The van der Waals surface area contributed by atoms with E-state index in [2.05, 4.69) is 16.1 Å². The van der Waals surface area contributed by atoms with Crippen molar-refractivity contribution in [3.05, 3.63) is 35.7 Å². The first-order valence-electron chi connectivity index (χ1n) is 10.4. The summed E-state index contributed by atoms with van der Waals surface area (Å²) in [4.78, 5) is 0. The molecule has 3 aliphatic carbocycles. The Bertz CT molecular complexity index is 1030. The Morgan fingerprint density at radius 3 is 2.27 bits per heavy atom. The van der Waals surface area contributed by atoms with Crippen molar-refractivity contribution in [2.24, 2.45) is 12.5 Å². The van der Waals surface area contributed by atoms with Crippen molar-refractivity contribution in [1.29, 1.82) is 0 Å². The summed E-state index contributed by atoms with van der Waals surface area (Å²) in [5.41, 5.74) is -0.714. The topological polar surface area (TPSA) is 47.8 Å². The van der Waals surface area contributed by atoms with Crippen LogP contribution in [-0.4, -0.2) is 36.3 Å². The van der Waals surface area contributed by atoms with Crippen LogP contribution >= 0.6 is 0 Å². The molecule has 0 aliphatic heterocycles. The summed E-state index contributed by atoms with van der Waals surface area (Å²) in [6.07, 6.45) is 1.14. The van der Waals surface area contributed by atoms with Gasteiger partial charge >= 0.3 is 6.18 Å². The molecular weight excluding hydrogens is 411 g/mol. The molecule has 1 unspecified atom stereocenters. The Hall–Kier alpha value is -1.83. The van der Waals surface area contributed by atoms with E-state index in [9.17, 15) is 17.4 Å². The fourth-order valence-electron chi connectivity index (χ4n) is 5.43. The molecule has 4 nitrogen and oxygen atoms in total. The van der Waals surface area contributed by atoms with Crippen LogP contribution in [0.25, 0.3) is 11.4 Å². The van der Waals surface area contributed by atoms with Crippen LogP contribution < -0.4 is 0 Å². The lowest BCUT2D eigenvalue weighted by molar-refractivity contribution is -0.137. The highest BCUT2D eigenvalue weighted by atomic mass is 32.2. The molecule has 1 heterocycles. The molecule has 0 radical (unpaired) electrons. The number of hydrogen-bond donors (Lipinski definition) is 0. The van der Waals surface area contributed by atoms with Gasteiger partial charge in [0.1, 0.15) is 5.82 Å². The maximum absolute atomic E-state index is 13.5. The molecule has 8 heteroatoms. The SMILES string of the molecule is C=S(=O)(CC)CC12CCC(c3nnc(-c4ccccc4C(F)(F)F)n3C)(CC1)CC2. The van der Waals surface area contributed by atoms with Crippen molar-refractivity contribution in [3.63, 3.8) is 0 Å². The third-order valence-corrected chi connectivity index (χ3v) is 9.51. The third-order valence-electron chi connectivity index (χ3n) is 7.32. The minimum Gasteiger partial charge on any atom is -0.314 e. The van der Waals surface area contributed by atoms with Gasteiger partial charge in [0.25, 0.3) is 0 Å². The number of hydrogen-bond acceptors (Lipinski definition) is 3. The Morgan fingerprint density at radius 1 is 1.10 bits per heavy atom. The average molecular weight is 440 g/mol. The van der Waals surface area contributed by atoms with Crippen LogP contribution in [0.3, 0.4) is 0 Å². The maximum Gasteiger partial charge on any atom is 0.417 e. The lowest BCUT2D eigenvalue weighted by Gasteiger charge is -2.53. The van der Waals surface area contributed by atoms with Crippen molar-refractivity contribution in [1.82, 2.24) is 14.8 Å². The molecule has 0 N–H and O–H groups in total. The van der Waals surface area contributed by atoms with E-state index in [-0.39, 0.29) is 22.2 Å². The normalized spacial score (nSPS) is 28.4. The van der Waals surface area contributed by atoms with Gasteiger partial charge in [-0.15, -0.1) is 10.2 Å². The minimum atomic E-state index is -4.45. The van der Waals surface area contributed by atoms with E-state index in [1.807, 2.05) is 6.92 Å². The fraction of sp³-hybridized carbons (Fsp3) is 0.591. The molecule has 2 aromatic rings. The van der Waals surface area contributed by atoms with Crippen LogP contribution in [0.2, 0.25) is 0 Å². The van der Waals surface area contributed by atoms with E-state index in [1.54, 1.807) is 17.7 Å². The van der Waals surface area contributed by atoms with Crippen molar-refractivity contribution in [3.8, 4) is 11.4 Å². The fourth-order valence-corrected chi connectivity index (χ4v) is 7.18. The number of alkyl halides is 3. The molecule has 164 valence electrons. The molecule has 3 aliphatic rings. The molecule has 5 rings (SSSR count). The summed E-state index contributed by atoms with van der Waals surface area (Å²) in [5, 5.41) is 8.59. The molecule has 1 aromatic heterocycles. The zero-order valence-electron chi connectivity index (χ0n) is 17.5.